The summed E-state index contributed by atoms with van der Waals surface area (Å²) in [5, 5.41) is 6.39. The third-order valence-electron chi connectivity index (χ3n) is 2.46. The molecule has 0 radical (unpaired) electrons. The molecule has 2 heterocycles. The summed E-state index contributed by atoms with van der Waals surface area (Å²) in [4.78, 5) is 1.13. The Morgan fingerprint density at radius 2 is 2.29 bits per heavy atom. The van der Waals surface area contributed by atoms with Crippen LogP contribution in [0.15, 0.2) is 26.6 Å². The fourth-order valence-electron chi connectivity index (χ4n) is 1.70. The maximum absolute atomic E-state index is 6.30. The standard InChI is InChI=1S/C11H13Br2N3S/c1-2-3-16-11(8(13)5-15-16)10(14)9-4-7(12)6-17-9/h4-6,10H,2-3,14H2,1H3. The van der Waals surface area contributed by atoms with Crippen molar-refractivity contribution >= 4 is 43.2 Å². The quantitative estimate of drug-likeness (QED) is 0.875. The second-order valence-corrected chi connectivity index (χ2v) is 6.46. The van der Waals surface area contributed by atoms with Gasteiger partial charge in [-0.2, -0.15) is 5.10 Å². The molecule has 0 aliphatic carbocycles. The fourth-order valence-corrected chi connectivity index (χ4v) is 3.69. The highest BCUT2D eigenvalue weighted by molar-refractivity contribution is 9.10. The highest BCUT2D eigenvalue weighted by Crippen LogP contribution is 2.32. The fraction of sp³-hybridized carbons (Fsp3) is 0.364. The number of nitrogens with two attached hydrogens (primary N) is 1. The predicted octanol–water partition coefficient (Wildman–Crippen LogP) is 3.93. The first-order valence-corrected chi connectivity index (χ1v) is 7.80. The third-order valence-corrected chi connectivity index (χ3v) is 4.85. The Morgan fingerprint density at radius 1 is 1.53 bits per heavy atom. The van der Waals surface area contributed by atoms with Gasteiger partial charge in [-0.15, -0.1) is 11.3 Å². The molecular formula is C11H13Br2N3S. The van der Waals surface area contributed by atoms with Gasteiger partial charge in [0.2, 0.25) is 0 Å². The molecule has 2 aromatic rings. The Hall–Kier alpha value is -0.170. The van der Waals surface area contributed by atoms with Gasteiger partial charge in [-0.25, -0.2) is 0 Å². The summed E-state index contributed by atoms with van der Waals surface area (Å²) in [6.07, 6.45) is 2.86. The normalized spacial score (nSPS) is 12.9. The molecule has 0 bridgehead atoms. The second-order valence-electron chi connectivity index (χ2n) is 3.75. The molecule has 17 heavy (non-hydrogen) atoms. The monoisotopic (exact) mass is 377 g/mol. The number of aryl methyl sites for hydroxylation is 1. The van der Waals surface area contributed by atoms with Crippen molar-refractivity contribution in [1.29, 1.82) is 0 Å². The summed E-state index contributed by atoms with van der Waals surface area (Å²) in [5.74, 6) is 0. The molecule has 0 spiro atoms. The first-order chi connectivity index (χ1) is 8.13. The van der Waals surface area contributed by atoms with E-state index in [1.165, 1.54) is 0 Å². The van der Waals surface area contributed by atoms with Gasteiger partial charge >= 0.3 is 0 Å². The minimum atomic E-state index is -0.130. The van der Waals surface area contributed by atoms with E-state index in [-0.39, 0.29) is 6.04 Å². The number of thiophene rings is 1. The largest absolute Gasteiger partial charge is 0.318 e. The first kappa shape index (κ1) is 13.3. The van der Waals surface area contributed by atoms with Crippen LogP contribution in [-0.2, 0) is 6.54 Å². The van der Waals surface area contributed by atoms with Crippen LogP contribution in [-0.4, -0.2) is 9.78 Å². The lowest BCUT2D eigenvalue weighted by Gasteiger charge is -2.13. The SMILES string of the molecule is CCCn1ncc(Br)c1C(N)c1cc(Br)cs1. The number of hydrogen-bond donors (Lipinski definition) is 1. The lowest BCUT2D eigenvalue weighted by Crippen LogP contribution is -2.17. The van der Waals surface area contributed by atoms with E-state index in [0.29, 0.717) is 0 Å². The molecule has 0 aromatic carbocycles. The molecule has 2 N–H and O–H groups in total. The van der Waals surface area contributed by atoms with Gasteiger partial charge in [-0.05, 0) is 44.3 Å². The van der Waals surface area contributed by atoms with E-state index < -0.39 is 0 Å². The van der Waals surface area contributed by atoms with E-state index in [1.807, 2.05) is 16.3 Å². The predicted molar refractivity (Wildman–Crippen MR) is 78.3 cm³/mol. The Kier molecular flexibility index (Phi) is 4.41. The van der Waals surface area contributed by atoms with Gasteiger partial charge in [0.05, 0.1) is 22.4 Å². The van der Waals surface area contributed by atoms with Gasteiger partial charge in [0.15, 0.2) is 0 Å². The van der Waals surface area contributed by atoms with Crippen LogP contribution in [0.5, 0.6) is 0 Å². The van der Waals surface area contributed by atoms with Gasteiger partial charge in [-0.3, -0.25) is 4.68 Å². The summed E-state index contributed by atoms with van der Waals surface area (Å²) in [7, 11) is 0. The summed E-state index contributed by atoms with van der Waals surface area (Å²) >= 11 is 8.63. The van der Waals surface area contributed by atoms with Gasteiger partial charge < -0.3 is 5.73 Å². The second kappa shape index (κ2) is 5.65. The molecule has 1 atom stereocenters. The van der Waals surface area contributed by atoms with Gasteiger partial charge in [0.1, 0.15) is 0 Å². The Labute approximate surface area is 121 Å². The molecule has 1 unspecified atom stereocenters. The van der Waals surface area contributed by atoms with Crippen molar-refractivity contribution in [2.45, 2.75) is 25.9 Å². The number of rotatable bonds is 4. The Balaban J connectivity index is 2.35. The van der Waals surface area contributed by atoms with E-state index in [0.717, 1.165) is 32.5 Å². The Morgan fingerprint density at radius 3 is 2.88 bits per heavy atom. The maximum atomic E-state index is 6.30. The Bertz CT molecular complexity index is 507. The zero-order valence-electron chi connectivity index (χ0n) is 9.36. The van der Waals surface area contributed by atoms with Crippen LogP contribution in [0.3, 0.4) is 0 Å². The average Bonchev–Trinajstić information content (AvgIpc) is 2.86. The highest BCUT2D eigenvalue weighted by atomic mass is 79.9. The lowest BCUT2D eigenvalue weighted by molar-refractivity contribution is 0.560. The lowest BCUT2D eigenvalue weighted by atomic mass is 10.2. The minimum Gasteiger partial charge on any atom is -0.318 e. The van der Waals surface area contributed by atoms with Crippen molar-refractivity contribution in [3.8, 4) is 0 Å². The number of nitrogens with zero attached hydrogens (tertiary/aromatic N) is 2. The zero-order valence-corrected chi connectivity index (χ0v) is 13.3. The molecular weight excluding hydrogens is 366 g/mol. The van der Waals surface area contributed by atoms with Crippen LogP contribution in [0.4, 0.5) is 0 Å². The molecule has 3 nitrogen and oxygen atoms in total. The van der Waals surface area contributed by atoms with Crippen LogP contribution >= 0.6 is 43.2 Å². The van der Waals surface area contributed by atoms with Crippen molar-refractivity contribution in [2.75, 3.05) is 0 Å². The number of halogens is 2. The van der Waals surface area contributed by atoms with Crippen molar-refractivity contribution in [2.24, 2.45) is 5.73 Å². The molecule has 0 saturated heterocycles. The van der Waals surface area contributed by atoms with Gasteiger partial charge in [-0.1, -0.05) is 6.92 Å². The molecule has 2 rings (SSSR count). The van der Waals surface area contributed by atoms with Crippen molar-refractivity contribution in [3.05, 3.63) is 37.2 Å². The third kappa shape index (κ3) is 2.81. The molecule has 0 aliphatic heterocycles. The summed E-state index contributed by atoms with van der Waals surface area (Å²) in [5.41, 5.74) is 7.35. The topological polar surface area (TPSA) is 43.8 Å². The van der Waals surface area contributed by atoms with Crippen molar-refractivity contribution in [3.63, 3.8) is 0 Å². The molecule has 6 heteroatoms. The van der Waals surface area contributed by atoms with Crippen LogP contribution in [0.25, 0.3) is 0 Å². The average molecular weight is 379 g/mol. The van der Waals surface area contributed by atoms with E-state index >= 15 is 0 Å². The molecule has 0 fully saturated rings. The van der Waals surface area contributed by atoms with Gasteiger partial charge in [0, 0.05) is 21.3 Å². The molecule has 92 valence electrons. The number of hydrogen-bond acceptors (Lipinski definition) is 3. The molecule has 0 aliphatic rings. The zero-order chi connectivity index (χ0) is 12.4. The first-order valence-electron chi connectivity index (χ1n) is 5.34. The maximum Gasteiger partial charge on any atom is 0.0828 e. The van der Waals surface area contributed by atoms with E-state index in [4.69, 9.17) is 5.73 Å². The molecule has 2 aromatic heterocycles. The van der Waals surface area contributed by atoms with Crippen molar-refractivity contribution in [1.82, 2.24) is 9.78 Å². The molecule has 0 saturated carbocycles. The van der Waals surface area contributed by atoms with Gasteiger partial charge in [0.25, 0.3) is 0 Å². The van der Waals surface area contributed by atoms with E-state index in [2.05, 4.69) is 49.9 Å². The smallest absolute Gasteiger partial charge is 0.0828 e. The molecule has 0 amide bonds. The summed E-state index contributed by atoms with van der Waals surface area (Å²) in [6.45, 7) is 3.02. The highest BCUT2D eigenvalue weighted by Gasteiger charge is 2.19. The summed E-state index contributed by atoms with van der Waals surface area (Å²) < 4.78 is 4.02. The van der Waals surface area contributed by atoms with Crippen LogP contribution < -0.4 is 5.73 Å². The summed E-state index contributed by atoms with van der Waals surface area (Å²) in [6, 6.07) is 1.93. The van der Waals surface area contributed by atoms with Crippen molar-refractivity contribution < 1.29 is 0 Å². The van der Waals surface area contributed by atoms with E-state index in [1.54, 1.807) is 11.3 Å². The minimum absolute atomic E-state index is 0.130. The van der Waals surface area contributed by atoms with Crippen LogP contribution in [0.1, 0.15) is 30.0 Å². The van der Waals surface area contributed by atoms with Crippen LogP contribution in [0.2, 0.25) is 0 Å². The van der Waals surface area contributed by atoms with E-state index in [9.17, 15) is 0 Å². The van der Waals surface area contributed by atoms with Crippen LogP contribution in [0, 0.1) is 0 Å². The number of aromatic nitrogens is 2.